The summed E-state index contributed by atoms with van der Waals surface area (Å²) in [5, 5.41) is 8.70. The molecular formula is C11H24N2O3S. The van der Waals surface area contributed by atoms with Gasteiger partial charge in [0.2, 0.25) is 0 Å². The molecule has 2 N–H and O–H groups in total. The molecule has 0 aromatic rings. The molecule has 0 heterocycles. The van der Waals surface area contributed by atoms with Crippen molar-refractivity contribution in [3.63, 3.8) is 0 Å². The molecule has 0 amide bonds. The van der Waals surface area contributed by atoms with Gasteiger partial charge >= 0.3 is 0 Å². The summed E-state index contributed by atoms with van der Waals surface area (Å²) >= 11 is 0. The molecule has 0 spiro atoms. The molecule has 0 aromatic carbocycles. The largest absolute Gasteiger partial charge is 0.396 e. The normalized spacial score (nSPS) is 26.4. The quantitative estimate of drug-likeness (QED) is 0.742. The van der Waals surface area contributed by atoms with Crippen molar-refractivity contribution >= 4 is 10.2 Å². The number of hydrogen-bond acceptors (Lipinski definition) is 3. The Morgan fingerprint density at radius 2 is 2.00 bits per heavy atom. The van der Waals surface area contributed by atoms with Crippen molar-refractivity contribution < 1.29 is 13.5 Å². The fourth-order valence-electron chi connectivity index (χ4n) is 2.19. The zero-order valence-electron chi connectivity index (χ0n) is 10.7. The van der Waals surface area contributed by atoms with Crippen LogP contribution in [0, 0.1) is 5.92 Å². The van der Waals surface area contributed by atoms with Crippen molar-refractivity contribution in [3.8, 4) is 0 Å². The molecule has 5 nitrogen and oxygen atoms in total. The SMILES string of the molecule is CC1CCCCC1NS(=O)(=O)N(C)CCCO. The second-order valence-corrected chi connectivity index (χ2v) is 6.70. The van der Waals surface area contributed by atoms with Crippen molar-refractivity contribution in [1.82, 2.24) is 9.03 Å². The lowest BCUT2D eigenvalue weighted by atomic mass is 9.87. The van der Waals surface area contributed by atoms with Crippen molar-refractivity contribution in [1.29, 1.82) is 0 Å². The summed E-state index contributed by atoms with van der Waals surface area (Å²) in [7, 11) is -1.85. The minimum absolute atomic E-state index is 0.0136. The lowest BCUT2D eigenvalue weighted by Gasteiger charge is -2.30. The third-order valence-electron chi connectivity index (χ3n) is 3.45. The van der Waals surface area contributed by atoms with Crippen LogP contribution in [-0.2, 0) is 10.2 Å². The van der Waals surface area contributed by atoms with Gasteiger partial charge < -0.3 is 5.11 Å². The van der Waals surface area contributed by atoms with E-state index in [1.807, 2.05) is 0 Å². The van der Waals surface area contributed by atoms with E-state index in [1.165, 1.54) is 10.7 Å². The van der Waals surface area contributed by atoms with E-state index < -0.39 is 10.2 Å². The van der Waals surface area contributed by atoms with Crippen LogP contribution >= 0.6 is 0 Å². The smallest absolute Gasteiger partial charge is 0.279 e. The molecule has 0 saturated heterocycles. The van der Waals surface area contributed by atoms with E-state index in [2.05, 4.69) is 11.6 Å². The van der Waals surface area contributed by atoms with Crippen molar-refractivity contribution in [3.05, 3.63) is 0 Å². The predicted molar refractivity (Wildman–Crippen MR) is 67.8 cm³/mol. The molecule has 1 fully saturated rings. The summed E-state index contributed by atoms with van der Waals surface area (Å²) in [6.07, 6.45) is 4.77. The average molecular weight is 264 g/mol. The second-order valence-electron chi connectivity index (χ2n) is 4.89. The maximum Gasteiger partial charge on any atom is 0.279 e. The number of nitrogens with zero attached hydrogens (tertiary/aromatic N) is 1. The molecule has 0 radical (unpaired) electrons. The Morgan fingerprint density at radius 3 is 2.59 bits per heavy atom. The standard InChI is InChI=1S/C11H24N2O3S/c1-10-6-3-4-7-11(10)12-17(15,16)13(2)8-5-9-14/h10-12,14H,3-9H2,1-2H3. The van der Waals surface area contributed by atoms with E-state index in [-0.39, 0.29) is 12.6 Å². The molecule has 0 bridgehead atoms. The molecular weight excluding hydrogens is 240 g/mol. The molecule has 0 aromatic heterocycles. The van der Waals surface area contributed by atoms with E-state index in [1.54, 1.807) is 7.05 Å². The molecule has 1 aliphatic rings. The van der Waals surface area contributed by atoms with E-state index in [0.717, 1.165) is 19.3 Å². The third-order valence-corrected chi connectivity index (χ3v) is 5.06. The fraction of sp³-hybridized carbons (Fsp3) is 1.00. The fourth-order valence-corrected chi connectivity index (χ4v) is 3.47. The molecule has 2 atom stereocenters. The highest BCUT2D eigenvalue weighted by Gasteiger charge is 2.27. The highest BCUT2D eigenvalue weighted by molar-refractivity contribution is 7.87. The average Bonchev–Trinajstić information content (AvgIpc) is 2.28. The minimum atomic E-state index is -3.39. The molecule has 0 aliphatic heterocycles. The third kappa shape index (κ3) is 4.54. The van der Waals surface area contributed by atoms with E-state index in [0.29, 0.717) is 18.9 Å². The minimum Gasteiger partial charge on any atom is -0.396 e. The molecule has 6 heteroatoms. The van der Waals surface area contributed by atoms with Crippen LogP contribution in [0.1, 0.15) is 39.0 Å². The van der Waals surface area contributed by atoms with Gasteiger partial charge in [0, 0.05) is 26.2 Å². The summed E-state index contributed by atoms with van der Waals surface area (Å²) in [4.78, 5) is 0. The lowest BCUT2D eigenvalue weighted by Crippen LogP contribution is -2.47. The first-order valence-electron chi connectivity index (χ1n) is 6.32. The molecule has 17 heavy (non-hydrogen) atoms. The maximum atomic E-state index is 12.0. The zero-order chi connectivity index (χ0) is 12.9. The van der Waals surface area contributed by atoms with Crippen molar-refractivity contribution in [2.24, 2.45) is 5.92 Å². The van der Waals surface area contributed by atoms with Gasteiger partial charge in [0.1, 0.15) is 0 Å². The van der Waals surface area contributed by atoms with Crippen LogP contribution in [0.3, 0.4) is 0 Å². The highest BCUT2D eigenvalue weighted by Crippen LogP contribution is 2.24. The van der Waals surface area contributed by atoms with Crippen LogP contribution < -0.4 is 4.72 Å². The van der Waals surface area contributed by atoms with E-state index in [9.17, 15) is 8.42 Å². The summed E-state index contributed by atoms with van der Waals surface area (Å²) < 4.78 is 28.0. The molecule has 2 unspecified atom stereocenters. The van der Waals surface area contributed by atoms with Crippen LogP contribution in [0.5, 0.6) is 0 Å². The van der Waals surface area contributed by atoms with E-state index in [4.69, 9.17) is 5.11 Å². The van der Waals surface area contributed by atoms with Crippen LogP contribution in [-0.4, -0.2) is 44.1 Å². The summed E-state index contributed by atoms with van der Waals surface area (Å²) in [5.41, 5.74) is 0. The van der Waals surface area contributed by atoms with Gasteiger partial charge in [0.05, 0.1) is 0 Å². The Labute approximate surface area is 104 Å². The molecule has 1 saturated carbocycles. The zero-order valence-corrected chi connectivity index (χ0v) is 11.5. The van der Waals surface area contributed by atoms with Crippen LogP contribution in [0.4, 0.5) is 0 Å². The maximum absolute atomic E-state index is 12.0. The Kier molecular flexibility index (Phi) is 5.85. The summed E-state index contributed by atoms with van der Waals surface area (Å²) in [6.45, 7) is 2.46. The Morgan fingerprint density at radius 1 is 1.35 bits per heavy atom. The lowest BCUT2D eigenvalue weighted by molar-refractivity contribution is 0.272. The first-order chi connectivity index (χ1) is 7.97. The van der Waals surface area contributed by atoms with Crippen LogP contribution in [0.25, 0.3) is 0 Å². The van der Waals surface area contributed by atoms with Gasteiger partial charge in [-0.05, 0) is 25.2 Å². The van der Waals surface area contributed by atoms with E-state index >= 15 is 0 Å². The highest BCUT2D eigenvalue weighted by atomic mass is 32.2. The van der Waals surface area contributed by atoms with Gasteiger partial charge in [-0.15, -0.1) is 0 Å². The van der Waals surface area contributed by atoms with Gasteiger partial charge in [-0.25, -0.2) is 0 Å². The Balaban J connectivity index is 2.52. The Bertz CT molecular complexity index is 319. The van der Waals surface area contributed by atoms with Crippen LogP contribution in [0.15, 0.2) is 0 Å². The molecule has 1 aliphatic carbocycles. The Hall–Kier alpha value is -0.170. The monoisotopic (exact) mass is 264 g/mol. The second kappa shape index (κ2) is 6.68. The number of nitrogens with one attached hydrogen (secondary N) is 1. The molecule has 1 rings (SSSR count). The van der Waals surface area contributed by atoms with Gasteiger partial charge in [0.25, 0.3) is 10.2 Å². The number of hydrogen-bond donors (Lipinski definition) is 2. The number of aliphatic hydroxyl groups is 1. The van der Waals surface area contributed by atoms with Crippen LogP contribution in [0.2, 0.25) is 0 Å². The van der Waals surface area contributed by atoms with Crippen molar-refractivity contribution in [2.45, 2.75) is 45.1 Å². The first-order valence-corrected chi connectivity index (χ1v) is 7.76. The van der Waals surface area contributed by atoms with Gasteiger partial charge in [0.15, 0.2) is 0 Å². The predicted octanol–water partition coefficient (Wildman–Crippen LogP) is 0.714. The van der Waals surface area contributed by atoms with Gasteiger partial charge in [-0.2, -0.15) is 17.4 Å². The topological polar surface area (TPSA) is 69.6 Å². The van der Waals surface area contributed by atoms with Crippen molar-refractivity contribution in [2.75, 3.05) is 20.2 Å². The summed E-state index contributed by atoms with van der Waals surface area (Å²) in [5.74, 6) is 0.407. The van der Waals surface area contributed by atoms with Gasteiger partial charge in [-0.3, -0.25) is 0 Å². The first kappa shape index (κ1) is 14.9. The number of rotatable bonds is 6. The number of aliphatic hydroxyl groups excluding tert-OH is 1. The van der Waals surface area contributed by atoms with Gasteiger partial charge in [-0.1, -0.05) is 19.8 Å². The summed E-state index contributed by atoms with van der Waals surface area (Å²) in [6, 6.07) is 0.0605. The molecule has 102 valence electrons.